The third kappa shape index (κ3) is 4.08. The Labute approximate surface area is 186 Å². The zero-order valence-electron chi connectivity index (χ0n) is 17.3. The second-order valence-electron chi connectivity index (χ2n) is 7.49. The van der Waals surface area contributed by atoms with E-state index in [1.165, 1.54) is 31.4 Å². The highest BCUT2D eigenvalue weighted by atomic mass is 16.7. The van der Waals surface area contributed by atoms with Gasteiger partial charge in [0.25, 0.3) is 0 Å². The molecule has 0 radical (unpaired) electrons. The molecule has 11 nitrogen and oxygen atoms in total. The van der Waals surface area contributed by atoms with Gasteiger partial charge < -0.3 is 49.3 Å². The van der Waals surface area contributed by atoms with Gasteiger partial charge in [0.15, 0.2) is 0 Å². The summed E-state index contributed by atoms with van der Waals surface area (Å²) in [5.74, 6) is -0.447. The maximum absolute atomic E-state index is 13.2. The molecule has 33 heavy (non-hydrogen) atoms. The number of aromatic hydroxyl groups is 2. The van der Waals surface area contributed by atoms with Gasteiger partial charge in [-0.25, -0.2) is 0 Å². The molecule has 1 fully saturated rings. The van der Waals surface area contributed by atoms with Crippen LogP contribution >= 0.6 is 0 Å². The van der Waals surface area contributed by atoms with Gasteiger partial charge in [-0.2, -0.15) is 0 Å². The molecule has 176 valence electrons. The Morgan fingerprint density at radius 3 is 2.45 bits per heavy atom. The molecular weight excluding hydrogens is 440 g/mol. The van der Waals surface area contributed by atoms with Crippen LogP contribution in [0.3, 0.4) is 0 Å². The van der Waals surface area contributed by atoms with E-state index in [0.29, 0.717) is 0 Å². The lowest BCUT2D eigenvalue weighted by Gasteiger charge is -2.39. The lowest BCUT2D eigenvalue weighted by Crippen LogP contribution is -2.60. The van der Waals surface area contributed by atoms with Crippen molar-refractivity contribution in [2.24, 2.45) is 0 Å². The summed E-state index contributed by atoms with van der Waals surface area (Å²) in [7, 11) is 1.40. The molecule has 0 spiro atoms. The van der Waals surface area contributed by atoms with Crippen molar-refractivity contribution in [2.75, 3.05) is 13.7 Å². The third-order valence-electron chi connectivity index (χ3n) is 5.41. The Morgan fingerprint density at radius 2 is 1.76 bits per heavy atom. The van der Waals surface area contributed by atoms with Gasteiger partial charge in [-0.1, -0.05) is 0 Å². The number of hydrogen-bond acceptors (Lipinski definition) is 11. The predicted octanol–water partition coefficient (Wildman–Crippen LogP) is 0.0585. The van der Waals surface area contributed by atoms with Crippen molar-refractivity contribution in [3.05, 3.63) is 46.8 Å². The van der Waals surface area contributed by atoms with Crippen LogP contribution in [0, 0.1) is 0 Å². The number of phenols is 2. The molecule has 1 saturated heterocycles. The first-order valence-electron chi connectivity index (χ1n) is 9.88. The number of aliphatic hydroxyl groups is 4. The second-order valence-corrected chi connectivity index (χ2v) is 7.49. The Kier molecular flexibility index (Phi) is 6.15. The van der Waals surface area contributed by atoms with Crippen molar-refractivity contribution in [1.29, 1.82) is 0 Å². The number of phenolic OH excluding ortho intramolecular Hbond substituents is 2. The summed E-state index contributed by atoms with van der Waals surface area (Å²) in [6.07, 6.45) is -6.60. The van der Waals surface area contributed by atoms with E-state index in [-0.39, 0.29) is 45.1 Å². The molecule has 6 N–H and O–H groups in total. The average Bonchev–Trinajstić information content (AvgIpc) is 2.80. The zero-order valence-corrected chi connectivity index (χ0v) is 17.3. The fourth-order valence-electron chi connectivity index (χ4n) is 3.63. The number of rotatable bonds is 5. The summed E-state index contributed by atoms with van der Waals surface area (Å²) in [6, 6.07) is 6.47. The van der Waals surface area contributed by atoms with Gasteiger partial charge >= 0.3 is 0 Å². The van der Waals surface area contributed by atoms with Crippen LogP contribution in [0.25, 0.3) is 22.1 Å². The van der Waals surface area contributed by atoms with Crippen LogP contribution in [0.1, 0.15) is 0 Å². The molecule has 1 aliphatic heterocycles. The highest BCUT2D eigenvalue weighted by molar-refractivity contribution is 5.88. The lowest BCUT2D eigenvalue weighted by molar-refractivity contribution is -0.277. The first kappa shape index (κ1) is 22.8. The fourth-order valence-corrected chi connectivity index (χ4v) is 3.63. The smallest absolute Gasteiger partial charge is 0.229 e. The van der Waals surface area contributed by atoms with E-state index < -0.39 is 42.7 Å². The van der Waals surface area contributed by atoms with Crippen LogP contribution in [0.4, 0.5) is 0 Å². The lowest BCUT2D eigenvalue weighted by atomic mass is 9.99. The molecule has 0 aliphatic carbocycles. The van der Waals surface area contributed by atoms with E-state index in [9.17, 15) is 35.4 Å². The topological polar surface area (TPSA) is 179 Å². The minimum absolute atomic E-state index is 0.0393. The SMILES string of the molecule is COc1cc(O)c2c(=O)c(-c3ccc(O)cc3O[C@@H]3O[C@H](CO)[C@@H](O)[C@H](O)[C@H]3O)coc2c1. The summed E-state index contributed by atoms with van der Waals surface area (Å²) in [5.41, 5.74) is -0.449. The van der Waals surface area contributed by atoms with Crippen molar-refractivity contribution >= 4 is 11.0 Å². The summed E-state index contributed by atoms with van der Waals surface area (Å²) in [6.45, 7) is -0.658. The minimum Gasteiger partial charge on any atom is -0.508 e. The molecule has 4 rings (SSSR count). The number of aliphatic hydroxyl groups excluding tert-OH is 4. The van der Waals surface area contributed by atoms with Crippen LogP contribution in [0.15, 0.2) is 45.8 Å². The van der Waals surface area contributed by atoms with Crippen molar-refractivity contribution in [2.45, 2.75) is 30.7 Å². The van der Waals surface area contributed by atoms with Gasteiger partial charge in [0.1, 0.15) is 64.6 Å². The van der Waals surface area contributed by atoms with Crippen LogP contribution < -0.4 is 14.9 Å². The number of hydrogen-bond donors (Lipinski definition) is 6. The molecule has 0 bridgehead atoms. The minimum atomic E-state index is -1.71. The van der Waals surface area contributed by atoms with Crippen molar-refractivity contribution in [3.8, 4) is 34.1 Å². The molecule has 1 aliphatic rings. The highest BCUT2D eigenvalue weighted by Gasteiger charge is 2.45. The van der Waals surface area contributed by atoms with Crippen LogP contribution in [0.5, 0.6) is 23.0 Å². The molecule has 5 atom stereocenters. The molecule has 1 aromatic heterocycles. The number of methoxy groups -OCH3 is 1. The first-order valence-corrected chi connectivity index (χ1v) is 9.88. The van der Waals surface area contributed by atoms with Crippen LogP contribution in [-0.2, 0) is 4.74 Å². The Hall–Kier alpha value is -3.35. The van der Waals surface area contributed by atoms with Gasteiger partial charge in [0.05, 0.1) is 19.3 Å². The number of fused-ring (bicyclic) bond motifs is 1. The first-order chi connectivity index (χ1) is 15.7. The maximum Gasteiger partial charge on any atom is 0.229 e. The van der Waals surface area contributed by atoms with Gasteiger partial charge in [-0.05, 0) is 12.1 Å². The zero-order chi connectivity index (χ0) is 23.9. The largest absolute Gasteiger partial charge is 0.508 e. The molecule has 11 heteroatoms. The van der Waals surface area contributed by atoms with Gasteiger partial charge in [0, 0.05) is 23.8 Å². The number of benzene rings is 2. The van der Waals surface area contributed by atoms with E-state index in [1.807, 2.05) is 0 Å². The van der Waals surface area contributed by atoms with Crippen LogP contribution in [0.2, 0.25) is 0 Å². The Morgan fingerprint density at radius 1 is 1.00 bits per heavy atom. The second kappa shape index (κ2) is 8.89. The van der Waals surface area contributed by atoms with Crippen LogP contribution in [-0.4, -0.2) is 75.1 Å². The molecule has 0 amide bonds. The standard InChI is InChI=1S/C22H22O11/c1-30-10-5-13(25)17-15(6-10)31-8-12(18(17)26)11-3-2-9(24)4-14(11)32-22-21(29)20(28)19(27)16(7-23)33-22/h2-6,8,16,19-25,27-29H,7H2,1H3/t16-,19-,20+,21-,22-/m1/s1. The Balaban J connectivity index is 1.78. The average molecular weight is 462 g/mol. The quantitative estimate of drug-likeness (QED) is 0.302. The summed E-state index contributed by atoms with van der Waals surface area (Å²) in [4.78, 5) is 13.2. The van der Waals surface area contributed by atoms with E-state index in [2.05, 4.69) is 0 Å². The molecule has 0 unspecified atom stereocenters. The van der Waals surface area contributed by atoms with Gasteiger partial charge in [0.2, 0.25) is 11.7 Å². The van der Waals surface area contributed by atoms with E-state index in [1.54, 1.807) is 0 Å². The molecule has 2 heterocycles. The van der Waals surface area contributed by atoms with Gasteiger partial charge in [-0.15, -0.1) is 0 Å². The Bertz CT molecular complexity index is 1220. The van der Waals surface area contributed by atoms with Crippen molar-refractivity contribution in [1.82, 2.24) is 0 Å². The molecule has 3 aromatic rings. The fraction of sp³-hybridized carbons (Fsp3) is 0.318. The summed E-state index contributed by atoms with van der Waals surface area (Å²) >= 11 is 0. The predicted molar refractivity (Wildman–Crippen MR) is 112 cm³/mol. The molecular formula is C22H22O11. The number of ether oxygens (including phenoxy) is 3. The van der Waals surface area contributed by atoms with E-state index in [0.717, 1.165) is 12.3 Å². The van der Waals surface area contributed by atoms with Crippen molar-refractivity contribution in [3.63, 3.8) is 0 Å². The summed E-state index contributed by atoms with van der Waals surface area (Å²) in [5, 5.41) is 59.7. The normalized spacial score (nSPS) is 25.2. The highest BCUT2D eigenvalue weighted by Crippen LogP contribution is 2.36. The van der Waals surface area contributed by atoms with E-state index >= 15 is 0 Å². The van der Waals surface area contributed by atoms with Crippen molar-refractivity contribution < 1.29 is 49.3 Å². The molecule has 0 saturated carbocycles. The third-order valence-corrected chi connectivity index (χ3v) is 5.41. The summed E-state index contributed by atoms with van der Waals surface area (Å²) < 4.78 is 21.6. The van der Waals surface area contributed by atoms with Gasteiger partial charge in [-0.3, -0.25) is 4.79 Å². The van der Waals surface area contributed by atoms with E-state index in [4.69, 9.17) is 18.6 Å². The molecule has 2 aromatic carbocycles. The maximum atomic E-state index is 13.2. The monoisotopic (exact) mass is 462 g/mol.